The highest BCUT2D eigenvalue weighted by molar-refractivity contribution is 5.83. The van der Waals surface area contributed by atoms with Crippen molar-refractivity contribution in [3.63, 3.8) is 0 Å². The van der Waals surface area contributed by atoms with Gasteiger partial charge in [-0.15, -0.1) is 0 Å². The molecule has 0 radical (unpaired) electrons. The minimum Gasteiger partial charge on any atom is -0.467 e. The standard InChI is InChI=1S/C48H54N4O6/c1-34-44(32-52-26-24-51(25-27-52)31-36-12-7-4-8-13-36)57-47(58-45(34)40-18-16-37(33-53)17-19-40)41-22-20-39(21-23-41)42-15-9-14-38(28-42)30-49-48(55)50-43(46(54)56-2)29-35-10-5-3-6-11-35/h3-23,28,34,43-45,47,53H,24-27,29-33H2,1-2H3,(H2,49,50,55)/t34-,43+,44+,45+,47+/m1/s1. The Morgan fingerprint density at radius 1 is 0.724 bits per heavy atom. The van der Waals surface area contributed by atoms with E-state index in [9.17, 15) is 14.7 Å². The Morgan fingerprint density at radius 3 is 2.03 bits per heavy atom. The molecule has 2 fully saturated rings. The highest BCUT2D eigenvalue weighted by Crippen LogP contribution is 2.42. The van der Waals surface area contributed by atoms with Crippen LogP contribution < -0.4 is 10.6 Å². The van der Waals surface area contributed by atoms with Crippen molar-refractivity contribution in [1.82, 2.24) is 20.4 Å². The molecule has 3 N–H and O–H groups in total. The topological polar surface area (TPSA) is 113 Å². The van der Waals surface area contributed by atoms with Crippen molar-refractivity contribution >= 4 is 12.0 Å². The molecule has 0 bridgehead atoms. The molecular weight excluding hydrogens is 729 g/mol. The van der Waals surface area contributed by atoms with E-state index >= 15 is 0 Å². The van der Waals surface area contributed by atoms with E-state index in [0.29, 0.717) is 6.42 Å². The summed E-state index contributed by atoms with van der Waals surface area (Å²) in [5.41, 5.74) is 8.10. The van der Waals surface area contributed by atoms with Crippen molar-refractivity contribution in [1.29, 1.82) is 0 Å². The molecule has 2 saturated heterocycles. The molecule has 5 aromatic carbocycles. The summed E-state index contributed by atoms with van der Waals surface area (Å²) in [5, 5.41) is 15.3. The second-order valence-corrected chi connectivity index (χ2v) is 15.3. The third-order valence-corrected chi connectivity index (χ3v) is 11.2. The first-order valence-corrected chi connectivity index (χ1v) is 20.2. The van der Waals surface area contributed by atoms with Crippen LogP contribution in [-0.4, -0.2) is 78.9 Å². The van der Waals surface area contributed by atoms with Gasteiger partial charge in [0, 0.05) is 63.7 Å². The molecule has 10 nitrogen and oxygen atoms in total. The maximum atomic E-state index is 12.9. The van der Waals surface area contributed by atoms with Crippen LogP contribution in [0.3, 0.4) is 0 Å². The van der Waals surface area contributed by atoms with E-state index in [0.717, 1.165) is 78.2 Å². The number of aliphatic hydroxyl groups is 1. The number of amides is 2. The van der Waals surface area contributed by atoms with Gasteiger partial charge in [-0.1, -0.05) is 134 Å². The zero-order valence-corrected chi connectivity index (χ0v) is 33.3. The van der Waals surface area contributed by atoms with Crippen molar-refractivity contribution in [2.75, 3.05) is 39.8 Å². The van der Waals surface area contributed by atoms with Gasteiger partial charge in [-0.25, -0.2) is 9.59 Å². The number of rotatable bonds is 14. The number of hydrogen-bond acceptors (Lipinski definition) is 8. The first kappa shape index (κ1) is 40.8. The summed E-state index contributed by atoms with van der Waals surface area (Å²) in [7, 11) is 1.32. The van der Waals surface area contributed by atoms with Gasteiger partial charge in [0.25, 0.3) is 0 Å². The molecule has 2 heterocycles. The molecule has 5 atom stereocenters. The predicted octanol–water partition coefficient (Wildman–Crippen LogP) is 7.04. The maximum Gasteiger partial charge on any atom is 0.328 e. The number of ether oxygens (including phenoxy) is 3. The van der Waals surface area contributed by atoms with Crippen molar-refractivity contribution in [3.05, 3.63) is 167 Å². The zero-order valence-electron chi connectivity index (χ0n) is 33.3. The second kappa shape index (κ2) is 19.9. The number of carbonyl (C=O) groups is 2. The van der Waals surface area contributed by atoms with Crippen LogP contribution in [-0.2, 0) is 45.1 Å². The predicted molar refractivity (Wildman–Crippen MR) is 224 cm³/mol. The lowest BCUT2D eigenvalue weighted by atomic mass is 9.89. The van der Waals surface area contributed by atoms with Gasteiger partial charge < -0.3 is 30.0 Å². The minimum absolute atomic E-state index is 0.000271. The van der Waals surface area contributed by atoms with E-state index < -0.39 is 24.3 Å². The number of carbonyl (C=O) groups excluding carboxylic acids is 2. The molecule has 0 spiro atoms. The lowest BCUT2D eigenvalue weighted by molar-refractivity contribution is -0.276. The van der Waals surface area contributed by atoms with Gasteiger partial charge in [0.05, 0.1) is 25.9 Å². The van der Waals surface area contributed by atoms with E-state index in [4.69, 9.17) is 14.2 Å². The fourth-order valence-corrected chi connectivity index (χ4v) is 7.82. The van der Waals surface area contributed by atoms with E-state index in [1.54, 1.807) is 0 Å². The SMILES string of the molecule is COC(=O)[C@H](Cc1ccccc1)NC(=O)NCc1cccc(-c2ccc([C@H]3O[C@@H](CN4CCN(Cc5ccccc5)CC4)[C@@H](C)[C@@H](c4ccc(CO)cc4)O3)cc2)c1. The number of methoxy groups -OCH3 is 1. The summed E-state index contributed by atoms with van der Waals surface area (Å²) >= 11 is 0. The summed E-state index contributed by atoms with van der Waals surface area (Å²) in [4.78, 5) is 30.4. The molecule has 0 aromatic heterocycles. The highest BCUT2D eigenvalue weighted by atomic mass is 16.7. The molecular formula is C48H54N4O6. The van der Waals surface area contributed by atoms with Crippen molar-refractivity contribution in [2.24, 2.45) is 5.92 Å². The molecule has 7 rings (SSSR count). The molecule has 2 aliphatic rings. The van der Waals surface area contributed by atoms with Crippen LogP contribution >= 0.6 is 0 Å². The number of piperazine rings is 1. The van der Waals surface area contributed by atoms with Crippen LogP contribution in [0.25, 0.3) is 11.1 Å². The summed E-state index contributed by atoms with van der Waals surface area (Å²) in [6, 6.07) is 43.3. The Kier molecular flexibility index (Phi) is 14.0. The van der Waals surface area contributed by atoms with Crippen LogP contribution in [0.5, 0.6) is 0 Å². The van der Waals surface area contributed by atoms with Gasteiger partial charge in [0.1, 0.15) is 6.04 Å². The second-order valence-electron chi connectivity index (χ2n) is 15.3. The van der Waals surface area contributed by atoms with E-state index in [1.807, 2.05) is 66.7 Å². The van der Waals surface area contributed by atoms with Crippen LogP contribution in [0, 0.1) is 5.92 Å². The molecule has 0 aliphatic carbocycles. The number of aliphatic hydroxyl groups excluding tert-OH is 1. The summed E-state index contributed by atoms with van der Waals surface area (Å²) in [6.45, 7) is 8.27. The Balaban J connectivity index is 0.995. The molecule has 2 aliphatic heterocycles. The average Bonchev–Trinajstić information content (AvgIpc) is 3.27. The first-order chi connectivity index (χ1) is 28.3. The largest absolute Gasteiger partial charge is 0.467 e. The molecule has 10 heteroatoms. The third kappa shape index (κ3) is 10.8. The van der Waals surface area contributed by atoms with Crippen molar-refractivity contribution in [2.45, 2.75) is 57.6 Å². The lowest BCUT2D eigenvalue weighted by Gasteiger charge is -2.44. The number of nitrogens with zero attached hydrogens (tertiary/aromatic N) is 2. The van der Waals surface area contributed by atoms with Gasteiger partial charge in [-0.05, 0) is 45.0 Å². The third-order valence-electron chi connectivity index (χ3n) is 11.2. The van der Waals surface area contributed by atoms with Gasteiger partial charge in [0.2, 0.25) is 0 Å². The smallest absolute Gasteiger partial charge is 0.328 e. The first-order valence-electron chi connectivity index (χ1n) is 20.2. The number of nitrogens with one attached hydrogen (secondary N) is 2. The molecule has 58 heavy (non-hydrogen) atoms. The number of hydrogen-bond donors (Lipinski definition) is 3. The Bertz CT molecular complexity index is 2060. The van der Waals surface area contributed by atoms with Gasteiger partial charge >= 0.3 is 12.0 Å². The van der Waals surface area contributed by atoms with E-state index in [2.05, 4.69) is 94.1 Å². The van der Waals surface area contributed by atoms with Gasteiger partial charge in [-0.3, -0.25) is 9.80 Å². The van der Waals surface area contributed by atoms with Crippen LogP contribution in [0.4, 0.5) is 4.79 Å². The highest BCUT2D eigenvalue weighted by Gasteiger charge is 2.39. The van der Waals surface area contributed by atoms with Crippen LogP contribution in [0.2, 0.25) is 0 Å². The van der Waals surface area contributed by atoms with Crippen LogP contribution in [0.15, 0.2) is 133 Å². The van der Waals surface area contributed by atoms with Gasteiger partial charge in [-0.2, -0.15) is 0 Å². The number of urea groups is 1. The Hall–Kier alpha value is -5.36. The maximum absolute atomic E-state index is 12.9. The average molecular weight is 783 g/mol. The zero-order chi connectivity index (χ0) is 40.3. The molecule has 0 saturated carbocycles. The van der Waals surface area contributed by atoms with Crippen LogP contribution in [0.1, 0.15) is 52.7 Å². The molecule has 2 amide bonds. The van der Waals surface area contributed by atoms with Gasteiger partial charge in [0.15, 0.2) is 6.29 Å². The summed E-state index contributed by atoms with van der Waals surface area (Å²) < 4.78 is 18.5. The normalized spacial score (nSPS) is 20.5. The quantitative estimate of drug-likeness (QED) is 0.103. The Labute approximate surface area is 341 Å². The fourth-order valence-electron chi connectivity index (χ4n) is 7.82. The number of benzene rings is 5. The molecule has 302 valence electrons. The molecule has 5 aromatic rings. The monoisotopic (exact) mass is 782 g/mol. The number of esters is 1. The van der Waals surface area contributed by atoms with E-state index in [-0.39, 0.29) is 31.3 Å². The lowest BCUT2D eigenvalue weighted by Crippen LogP contribution is -2.51. The van der Waals surface area contributed by atoms with Crippen molar-refractivity contribution < 1.29 is 28.9 Å². The Morgan fingerprint density at radius 2 is 1.36 bits per heavy atom. The fraction of sp³-hybridized carbons (Fsp3) is 0.333. The minimum atomic E-state index is -0.809. The summed E-state index contributed by atoms with van der Waals surface area (Å²) in [5.74, 6) is -0.398. The van der Waals surface area contributed by atoms with Crippen molar-refractivity contribution in [3.8, 4) is 11.1 Å². The molecule has 0 unspecified atom stereocenters. The summed E-state index contributed by atoms with van der Waals surface area (Å²) in [6.07, 6.45) is -0.460. The van der Waals surface area contributed by atoms with E-state index in [1.165, 1.54) is 12.7 Å².